The third-order valence-electron chi connectivity index (χ3n) is 3.10. The first-order valence-electron chi connectivity index (χ1n) is 3.67. The monoisotopic (exact) mass is 124 g/mol. The van der Waals surface area contributed by atoms with Crippen molar-refractivity contribution in [3.05, 3.63) is 0 Å². The Bertz CT molecular complexity index is 169. The van der Waals surface area contributed by atoms with Gasteiger partial charge in [-0.1, -0.05) is 13.8 Å². The minimum absolute atomic E-state index is 0.384. The summed E-state index contributed by atoms with van der Waals surface area (Å²) in [7, 11) is 0. The van der Waals surface area contributed by atoms with Gasteiger partial charge in [-0.15, -0.1) is 0 Å². The van der Waals surface area contributed by atoms with Crippen molar-refractivity contribution >= 4 is 5.78 Å². The number of hydrogen-bond donors (Lipinski definition) is 0. The first-order valence-corrected chi connectivity index (χ1v) is 3.67. The van der Waals surface area contributed by atoms with Gasteiger partial charge in [0, 0.05) is 12.3 Å². The van der Waals surface area contributed by atoms with Crippen molar-refractivity contribution in [3.63, 3.8) is 0 Å². The van der Waals surface area contributed by atoms with Crippen molar-refractivity contribution in [2.75, 3.05) is 0 Å². The second-order valence-electron chi connectivity index (χ2n) is 3.91. The average Bonchev–Trinajstić information content (AvgIpc) is 2.19. The van der Waals surface area contributed by atoms with E-state index in [-0.39, 0.29) is 0 Å². The van der Waals surface area contributed by atoms with E-state index < -0.39 is 0 Å². The lowest BCUT2D eigenvalue weighted by Crippen LogP contribution is -2.04. The number of Topliss-reactive ketones (excluding diaryl/α,β-unsaturated/α-hetero) is 1. The van der Waals surface area contributed by atoms with Crippen LogP contribution in [0.15, 0.2) is 0 Å². The fourth-order valence-electron chi connectivity index (χ4n) is 2.38. The van der Waals surface area contributed by atoms with Gasteiger partial charge in [-0.3, -0.25) is 4.79 Å². The van der Waals surface area contributed by atoms with Crippen LogP contribution < -0.4 is 0 Å². The van der Waals surface area contributed by atoms with Crippen LogP contribution in [0.3, 0.4) is 0 Å². The van der Waals surface area contributed by atoms with Crippen LogP contribution in [0.4, 0.5) is 0 Å². The van der Waals surface area contributed by atoms with E-state index in [1.807, 2.05) is 0 Å². The van der Waals surface area contributed by atoms with E-state index in [4.69, 9.17) is 0 Å². The zero-order valence-corrected chi connectivity index (χ0v) is 5.98. The van der Waals surface area contributed by atoms with Crippen LogP contribution in [-0.4, -0.2) is 5.78 Å². The Hall–Kier alpha value is -0.330. The first kappa shape index (κ1) is 5.45. The van der Waals surface area contributed by atoms with Crippen LogP contribution in [-0.2, 0) is 4.79 Å². The number of hydrogen-bond acceptors (Lipinski definition) is 1. The van der Waals surface area contributed by atoms with Gasteiger partial charge in [0.15, 0.2) is 0 Å². The summed E-state index contributed by atoms with van der Waals surface area (Å²) in [5.74, 6) is 1.73. The average molecular weight is 124 g/mol. The Morgan fingerprint density at radius 1 is 1.56 bits per heavy atom. The predicted molar refractivity (Wildman–Crippen MR) is 35.0 cm³/mol. The van der Waals surface area contributed by atoms with E-state index in [1.165, 1.54) is 0 Å². The first-order chi connectivity index (χ1) is 4.14. The molecule has 2 saturated carbocycles. The molecule has 0 bridgehead atoms. The van der Waals surface area contributed by atoms with Crippen molar-refractivity contribution in [2.45, 2.75) is 26.7 Å². The van der Waals surface area contributed by atoms with Crippen molar-refractivity contribution in [1.82, 2.24) is 0 Å². The van der Waals surface area contributed by atoms with Gasteiger partial charge in [0.05, 0.1) is 0 Å². The summed E-state index contributed by atoms with van der Waals surface area (Å²) in [4.78, 5) is 11.0. The lowest BCUT2D eigenvalue weighted by molar-refractivity contribution is -0.119. The number of ketones is 1. The van der Waals surface area contributed by atoms with Gasteiger partial charge >= 0.3 is 0 Å². The Morgan fingerprint density at radius 3 is 2.44 bits per heavy atom. The Morgan fingerprint density at radius 2 is 2.22 bits per heavy atom. The zero-order valence-electron chi connectivity index (χ0n) is 5.98. The van der Waals surface area contributed by atoms with Crippen molar-refractivity contribution in [3.8, 4) is 0 Å². The number of fused-ring (bicyclic) bond motifs is 1. The van der Waals surface area contributed by atoms with E-state index in [0.29, 0.717) is 17.1 Å². The molecule has 0 unspecified atom stereocenters. The topological polar surface area (TPSA) is 17.1 Å². The highest BCUT2D eigenvalue weighted by Crippen LogP contribution is 2.64. The highest BCUT2D eigenvalue weighted by atomic mass is 16.1. The predicted octanol–water partition coefficient (Wildman–Crippen LogP) is 1.62. The number of carbonyl (C=O) groups is 1. The lowest BCUT2D eigenvalue weighted by Gasteiger charge is -2.04. The normalized spacial score (nSPS) is 44.9. The van der Waals surface area contributed by atoms with Crippen molar-refractivity contribution in [1.29, 1.82) is 0 Å². The molecule has 0 aromatic carbocycles. The Kier molecular flexibility index (Phi) is 0.744. The summed E-state index contributed by atoms with van der Waals surface area (Å²) in [6, 6.07) is 0. The lowest BCUT2D eigenvalue weighted by atomic mass is 10.0. The molecule has 50 valence electrons. The minimum atomic E-state index is 0.384. The molecule has 2 aliphatic rings. The molecule has 2 aliphatic carbocycles. The molecule has 1 nitrogen and oxygen atoms in total. The van der Waals surface area contributed by atoms with Gasteiger partial charge in [0.2, 0.25) is 0 Å². The van der Waals surface area contributed by atoms with E-state index in [9.17, 15) is 4.79 Å². The highest BCUT2D eigenvalue weighted by molar-refractivity contribution is 5.87. The highest BCUT2D eigenvalue weighted by Gasteiger charge is 2.63. The van der Waals surface area contributed by atoms with E-state index in [0.717, 1.165) is 18.8 Å². The van der Waals surface area contributed by atoms with Gasteiger partial charge in [0.25, 0.3) is 0 Å². The fourth-order valence-corrected chi connectivity index (χ4v) is 2.38. The molecule has 1 heteroatoms. The Labute approximate surface area is 55.4 Å². The van der Waals surface area contributed by atoms with Crippen molar-refractivity contribution < 1.29 is 4.79 Å². The molecule has 2 atom stereocenters. The van der Waals surface area contributed by atoms with Crippen molar-refractivity contribution in [2.24, 2.45) is 17.3 Å². The molecule has 0 spiro atoms. The summed E-state index contributed by atoms with van der Waals surface area (Å²) in [6.07, 6.45) is 2.02. The van der Waals surface area contributed by atoms with Gasteiger partial charge in [-0.25, -0.2) is 0 Å². The third-order valence-corrected chi connectivity index (χ3v) is 3.10. The molecule has 0 heterocycles. The molecule has 0 aliphatic heterocycles. The van der Waals surface area contributed by atoms with Crippen LogP contribution in [0.2, 0.25) is 0 Å². The smallest absolute Gasteiger partial charge is 0.136 e. The molecule has 0 saturated heterocycles. The molecule has 0 N–H and O–H groups in total. The van der Waals surface area contributed by atoms with Gasteiger partial charge in [-0.2, -0.15) is 0 Å². The number of rotatable bonds is 0. The van der Waals surface area contributed by atoms with Crippen LogP contribution in [0, 0.1) is 17.3 Å². The molecule has 0 aromatic heterocycles. The summed E-state index contributed by atoms with van der Waals surface area (Å²) in [6.45, 7) is 4.42. The molecular formula is C8H12O. The maximum Gasteiger partial charge on any atom is 0.136 e. The van der Waals surface area contributed by atoms with Gasteiger partial charge in [-0.05, 0) is 17.8 Å². The largest absolute Gasteiger partial charge is 0.299 e. The van der Waals surface area contributed by atoms with Gasteiger partial charge < -0.3 is 0 Å². The van der Waals surface area contributed by atoms with E-state index >= 15 is 0 Å². The van der Waals surface area contributed by atoms with Crippen LogP contribution in [0.5, 0.6) is 0 Å². The number of carbonyl (C=O) groups excluding carboxylic acids is 1. The third kappa shape index (κ3) is 0.480. The van der Waals surface area contributed by atoms with E-state index in [1.54, 1.807) is 0 Å². The second kappa shape index (κ2) is 1.23. The molecular weight excluding hydrogens is 112 g/mol. The SMILES string of the molecule is CC1(C)[C@@H]2C(=O)CC[C@@H]21. The second-order valence-corrected chi connectivity index (χ2v) is 3.91. The van der Waals surface area contributed by atoms with Gasteiger partial charge in [0.1, 0.15) is 5.78 Å². The van der Waals surface area contributed by atoms with E-state index in [2.05, 4.69) is 13.8 Å². The van der Waals surface area contributed by atoms with Crippen LogP contribution in [0.1, 0.15) is 26.7 Å². The maximum absolute atomic E-state index is 11.0. The Balaban J connectivity index is 2.23. The summed E-state index contributed by atoms with van der Waals surface area (Å²) >= 11 is 0. The molecule has 0 radical (unpaired) electrons. The summed E-state index contributed by atoms with van der Waals surface area (Å²) in [5, 5.41) is 0. The van der Waals surface area contributed by atoms with Crippen LogP contribution in [0.25, 0.3) is 0 Å². The summed E-state index contributed by atoms with van der Waals surface area (Å²) < 4.78 is 0. The molecule has 2 fully saturated rings. The molecule has 2 rings (SSSR count). The minimum Gasteiger partial charge on any atom is -0.299 e. The fraction of sp³-hybridized carbons (Fsp3) is 0.875. The van der Waals surface area contributed by atoms with Crippen LogP contribution >= 0.6 is 0 Å². The molecule has 0 aromatic rings. The molecule has 0 amide bonds. The zero-order chi connectivity index (χ0) is 6.65. The quantitative estimate of drug-likeness (QED) is 0.479. The molecule has 9 heavy (non-hydrogen) atoms. The maximum atomic E-state index is 11.0. The summed E-state index contributed by atoms with van der Waals surface area (Å²) in [5.41, 5.74) is 0.384. The standard InChI is InChI=1S/C8H12O/c1-8(2)5-3-4-6(9)7(5)8/h5,7H,3-4H2,1-2H3/t5-,7-/m0/s1.